The molecule has 1 atom stereocenters. The number of hydrogen-bond acceptors (Lipinski definition) is 3. The molecule has 1 unspecified atom stereocenters. The maximum atomic E-state index is 4.61. The standard InChI is InChI=1S/C16H29BrN4/c1-5-14-16(17)15(20(4)19-14)11-21-8-6-7-13(21)10-18-9-12(2)3/h12-13,18H,5-11H2,1-4H3. The fraction of sp³-hybridized carbons (Fsp3) is 0.812. The first kappa shape index (κ1) is 17.0. The summed E-state index contributed by atoms with van der Waals surface area (Å²) in [7, 11) is 2.06. The van der Waals surface area contributed by atoms with E-state index < -0.39 is 0 Å². The lowest BCUT2D eigenvalue weighted by Gasteiger charge is -2.25. The Morgan fingerprint density at radius 1 is 1.43 bits per heavy atom. The first-order valence-electron chi connectivity index (χ1n) is 8.17. The van der Waals surface area contributed by atoms with Crippen molar-refractivity contribution >= 4 is 15.9 Å². The normalized spacial score (nSPS) is 19.8. The van der Waals surface area contributed by atoms with Crippen molar-refractivity contribution in [1.29, 1.82) is 0 Å². The first-order chi connectivity index (χ1) is 10.0. The summed E-state index contributed by atoms with van der Waals surface area (Å²) in [5.41, 5.74) is 2.48. The molecular weight excluding hydrogens is 328 g/mol. The van der Waals surface area contributed by atoms with Crippen molar-refractivity contribution in [2.75, 3.05) is 19.6 Å². The number of aromatic nitrogens is 2. The topological polar surface area (TPSA) is 33.1 Å². The third-order valence-electron chi connectivity index (χ3n) is 4.29. The van der Waals surface area contributed by atoms with Gasteiger partial charge in [-0.2, -0.15) is 5.10 Å². The van der Waals surface area contributed by atoms with Crippen LogP contribution >= 0.6 is 15.9 Å². The molecule has 1 aliphatic rings. The highest BCUT2D eigenvalue weighted by atomic mass is 79.9. The van der Waals surface area contributed by atoms with E-state index in [0.717, 1.165) is 32.0 Å². The van der Waals surface area contributed by atoms with E-state index in [0.29, 0.717) is 6.04 Å². The molecule has 0 bridgehead atoms. The molecule has 5 heteroatoms. The van der Waals surface area contributed by atoms with Crippen LogP contribution < -0.4 is 5.32 Å². The van der Waals surface area contributed by atoms with E-state index in [1.54, 1.807) is 0 Å². The summed E-state index contributed by atoms with van der Waals surface area (Å²) in [4.78, 5) is 2.61. The summed E-state index contributed by atoms with van der Waals surface area (Å²) >= 11 is 3.74. The van der Waals surface area contributed by atoms with Gasteiger partial charge in [0.25, 0.3) is 0 Å². The maximum absolute atomic E-state index is 4.61. The lowest BCUT2D eigenvalue weighted by atomic mass is 10.2. The fourth-order valence-electron chi connectivity index (χ4n) is 3.06. The Balaban J connectivity index is 1.96. The third kappa shape index (κ3) is 4.30. The average molecular weight is 357 g/mol. The Kier molecular flexibility index (Phi) is 6.26. The van der Waals surface area contributed by atoms with E-state index in [1.165, 1.54) is 35.2 Å². The van der Waals surface area contributed by atoms with Crippen molar-refractivity contribution in [1.82, 2.24) is 20.0 Å². The Morgan fingerprint density at radius 3 is 2.81 bits per heavy atom. The van der Waals surface area contributed by atoms with Crippen molar-refractivity contribution in [3.8, 4) is 0 Å². The smallest absolute Gasteiger partial charge is 0.0767 e. The van der Waals surface area contributed by atoms with Crippen molar-refractivity contribution in [2.45, 2.75) is 52.6 Å². The summed E-state index contributed by atoms with van der Waals surface area (Å²) in [6, 6.07) is 0.663. The van der Waals surface area contributed by atoms with Crippen molar-refractivity contribution in [3.05, 3.63) is 15.9 Å². The van der Waals surface area contributed by atoms with Crippen LogP contribution in [0.5, 0.6) is 0 Å². The van der Waals surface area contributed by atoms with Crippen LogP contribution in [0.25, 0.3) is 0 Å². The van der Waals surface area contributed by atoms with Gasteiger partial charge in [0.1, 0.15) is 0 Å². The molecule has 1 aliphatic heterocycles. The summed E-state index contributed by atoms with van der Waals surface area (Å²) in [5, 5.41) is 8.22. The highest BCUT2D eigenvalue weighted by Crippen LogP contribution is 2.26. The number of nitrogens with one attached hydrogen (secondary N) is 1. The molecule has 0 radical (unpaired) electrons. The summed E-state index contributed by atoms with van der Waals surface area (Å²) in [5.74, 6) is 0.721. The minimum absolute atomic E-state index is 0.663. The van der Waals surface area contributed by atoms with Crippen LogP contribution in [0.4, 0.5) is 0 Å². The quantitative estimate of drug-likeness (QED) is 0.815. The molecule has 1 fully saturated rings. The molecule has 1 aromatic heterocycles. The maximum Gasteiger partial charge on any atom is 0.0767 e. The Hall–Kier alpha value is -0.390. The molecule has 120 valence electrons. The van der Waals surface area contributed by atoms with E-state index in [9.17, 15) is 0 Å². The molecule has 21 heavy (non-hydrogen) atoms. The Labute approximate surface area is 137 Å². The number of likely N-dealkylation sites (tertiary alicyclic amines) is 1. The van der Waals surface area contributed by atoms with Crippen molar-refractivity contribution < 1.29 is 0 Å². The predicted molar refractivity (Wildman–Crippen MR) is 91.4 cm³/mol. The van der Waals surface area contributed by atoms with Gasteiger partial charge in [-0.3, -0.25) is 9.58 Å². The van der Waals surface area contributed by atoms with Gasteiger partial charge in [0.05, 0.1) is 15.9 Å². The van der Waals surface area contributed by atoms with Crippen LogP contribution in [0, 0.1) is 5.92 Å². The molecule has 0 amide bonds. The molecule has 0 saturated carbocycles. The van der Waals surface area contributed by atoms with Crippen LogP contribution in [0.1, 0.15) is 45.0 Å². The second kappa shape index (κ2) is 7.75. The average Bonchev–Trinajstić information content (AvgIpc) is 2.98. The lowest BCUT2D eigenvalue weighted by molar-refractivity contribution is 0.231. The van der Waals surface area contributed by atoms with Crippen LogP contribution in [-0.2, 0) is 20.0 Å². The Bertz CT molecular complexity index is 455. The van der Waals surface area contributed by atoms with Crippen LogP contribution in [0.2, 0.25) is 0 Å². The number of hydrogen-bond donors (Lipinski definition) is 1. The van der Waals surface area contributed by atoms with Gasteiger partial charge in [-0.25, -0.2) is 0 Å². The van der Waals surface area contributed by atoms with E-state index in [-0.39, 0.29) is 0 Å². The van der Waals surface area contributed by atoms with Gasteiger partial charge in [-0.15, -0.1) is 0 Å². The first-order valence-corrected chi connectivity index (χ1v) is 8.97. The summed E-state index contributed by atoms with van der Waals surface area (Å²) in [6.45, 7) is 11.1. The third-order valence-corrected chi connectivity index (χ3v) is 5.20. The molecule has 2 rings (SSSR count). The van der Waals surface area contributed by atoms with Crippen LogP contribution in [0.3, 0.4) is 0 Å². The molecule has 2 heterocycles. The Morgan fingerprint density at radius 2 is 2.19 bits per heavy atom. The predicted octanol–water partition coefficient (Wildman–Crippen LogP) is 2.96. The number of rotatable bonds is 7. The molecular formula is C16H29BrN4. The van der Waals surface area contributed by atoms with E-state index in [4.69, 9.17) is 0 Å². The van der Waals surface area contributed by atoms with Crippen LogP contribution in [-0.4, -0.2) is 40.4 Å². The molecule has 0 aliphatic carbocycles. The van der Waals surface area contributed by atoms with Crippen molar-refractivity contribution in [3.63, 3.8) is 0 Å². The van der Waals surface area contributed by atoms with Gasteiger partial charge >= 0.3 is 0 Å². The van der Waals surface area contributed by atoms with Gasteiger partial charge in [0, 0.05) is 26.2 Å². The van der Waals surface area contributed by atoms with Crippen molar-refractivity contribution in [2.24, 2.45) is 13.0 Å². The zero-order chi connectivity index (χ0) is 15.4. The molecule has 1 aromatic rings. The van der Waals surface area contributed by atoms with E-state index >= 15 is 0 Å². The van der Waals surface area contributed by atoms with Gasteiger partial charge in [0.2, 0.25) is 0 Å². The summed E-state index contributed by atoms with van der Waals surface area (Å²) < 4.78 is 3.24. The number of halogens is 1. The second-order valence-corrected chi connectivity index (χ2v) is 7.30. The minimum atomic E-state index is 0.663. The van der Waals surface area contributed by atoms with Crippen LogP contribution in [0.15, 0.2) is 4.47 Å². The lowest BCUT2D eigenvalue weighted by Crippen LogP contribution is -2.39. The van der Waals surface area contributed by atoms with Gasteiger partial charge in [-0.05, 0) is 54.2 Å². The molecule has 1 saturated heterocycles. The van der Waals surface area contributed by atoms with E-state index in [1.807, 2.05) is 4.68 Å². The van der Waals surface area contributed by atoms with Gasteiger partial charge in [0.15, 0.2) is 0 Å². The minimum Gasteiger partial charge on any atom is -0.315 e. The monoisotopic (exact) mass is 356 g/mol. The zero-order valence-corrected chi connectivity index (χ0v) is 15.4. The molecule has 4 nitrogen and oxygen atoms in total. The zero-order valence-electron chi connectivity index (χ0n) is 13.8. The molecule has 0 spiro atoms. The SMILES string of the molecule is CCc1nn(C)c(CN2CCCC2CNCC(C)C)c1Br. The molecule has 0 aromatic carbocycles. The highest BCUT2D eigenvalue weighted by Gasteiger charge is 2.26. The summed E-state index contributed by atoms with van der Waals surface area (Å²) in [6.07, 6.45) is 3.60. The van der Waals surface area contributed by atoms with Gasteiger partial charge < -0.3 is 5.32 Å². The highest BCUT2D eigenvalue weighted by molar-refractivity contribution is 9.10. The van der Waals surface area contributed by atoms with E-state index in [2.05, 4.69) is 59.1 Å². The van der Waals surface area contributed by atoms with Gasteiger partial charge in [-0.1, -0.05) is 20.8 Å². The number of aryl methyl sites for hydroxylation is 2. The molecule has 1 N–H and O–H groups in total. The largest absolute Gasteiger partial charge is 0.315 e. The second-order valence-electron chi connectivity index (χ2n) is 6.50. The fourth-order valence-corrected chi connectivity index (χ4v) is 3.80. The number of nitrogens with zero attached hydrogens (tertiary/aromatic N) is 3.